The van der Waals surface area contributed by atoms with Crippen LogP contribution in [-0.4, -0.2) is 10.1 Å². The molecule has 0 aliphatic carbocycles. The monoisotopic (exact) mass is 213 g/mol. The summed E-state index contributed by atoms with van der Waals surface area (Å²) in [6.45, 7) is 0. The second-order valence-corrected chi connectivity index (χ2v) is 2.73. The van der Waals surface area contributed by atoms with Crippen molar-refractivity contribution in [2.45, 2.75) is 6.43 Å². The lowest BCUT2D eigenvalue weighted by Gasteiger charge is -2.05. The first-order valence-corrected chi connectivity index (χ1v) is 3.60. The highest BCUT2D eigenvalue weighted by atomic mass is 35.5. The van der Waals surface area contributed by atoms with Crippen LogP contribution in [0.2, 0.25) is 10.2 Å². The normalized spacial score (nSPS) is 10.8. The van der Waals surface area contributed by atoms with Gasteiger partial charge in [-0.15, -0.1) is 0 Å². The quantitative estimate of drug-likeness (QED) is 0.728. The summed E-state index contributed by atoms with van der Waals surface area (Å²) in [4.78, 5) is 3.37. The summed E-state index contributed by atoms with van der Waals surface area (Å²) in [7, 11) is 0. The topological polar surface area (TPSA) is 33.1 Å². The maximum absolute atomic E-state index is 12.1. The first-order valence-electron chi connectivity index (χ1n) is 2.85. The third kappa shape index (κ3) is 1.59. The zero-order chi connectivity index (χ0) is 9.30. The van der Waals surface area contributed by atoms with Gasteiger partial charge in [0, 0.05) is 6.20 Å². The lowest BCUT2D eigenvalue weighted by atomic mass is 10.2. The number of aromatic hydroxyl groups is 1. The van der Waals surface area contributed by atoms with Crippen LogP contribution in [0.15, 0.2) is 6.20 Å². The second-order valence-electron chi connectivity index (χ2n) is 1.96. The standard InChI is InChI=1S/C6H3Cl2F2NO/c7-2-1-11-5(8)4(12)3(2)6(9)10/h1,6,12H. The van der Waals surface area contributed by atoms with E-state index in [1.54, 1.807) is 0 Å². The molecular weight excluding hydrogens is 211 g/mol. The van der Waals surface area contributed by atoms with Gasteiger partial charge in [-0.3, -0.25) is 0 Å². The molecule has 6 heteroatoms. The summed E-state index contributed by atoms with van der Waals surface area (Å²) in [5.74, 6) is -0.765. The largest absolute Gasteiger partial charge is 0.504 e. The fraction of sp³-hybridized carbons (Fsp3) is 0.167. The zero-order valence-electron chi connectivity index (χ0n) is 5.56. The maximum Gasteiger partial charge on any atom is 0.269 e. The van der Waals surface area contributed by atoms with E-state index in [0.717, 1.165) is 6.20 Å². The highest BCUT2D eigenvalue weighted by molar-refractivity contribution is 6.33. The lowest BCUT2D eigenvalue weighted by molar-refractivity contribution is 0.147. The molecule has 0 unspecified atom stereocenters. The van der Waals surface area contributed by atoms with Crippen molar-refractivity contribution in [1.82, 2.24) is 4.98 Å². The van der Waals surface area contributed by atoms with Gasteiger partial charge >= 0.3 is 0 Å². The van der Waals surface area contributed by atoms with Crippen molar-refractivity contribution in [3.63, 3.8) is 0 Å². The van der Waals surface area contributed by atoms with Crippen LogP contribution in [0.1, 0.15) is 12.0 Å². The van der Waals surface area contributed by atoms with E-state index in [2.05, 4.69) is 4.98 Å². The van der Waals surface area contributed by atoms with Gasteiger partial charge in [-0.05, 0) is 0 Å². The second kappa shape index (κ2) is 3.41. The predicted octanol–water partition coefficient (Wildman–Crippen LogP) is 3.03. The van der Waals surface area contributed by atoms with E-state index in [0.29, 0.717) is 0 Å². The van der Waals surface area contributed by atoms with E-state index in [1.165, 1.54) is 0 Å². The van der Waals surface area contributed by atoms with Crippen LogP contribution < -0.4 is 0 Å². The Morgan fingerprint density at radius 2 is 2.00 bits per heavy atom. The van der Waals surface area contributed by atoms with Gasteiger partial charge < -0.3 is 5.11 Å². The molecular formula is C6H3Cl2F2NO. The van der Waals surface area contributed by atoms with Crippen molar-refractivity contribution in [3.05, 3.63) is 21.9 Å². The van der Waals surface area contributed by atoms with Crippen molar-refractivity contribution >= 4 is 23.2 Å². The summed E-state index contributed by atoms with van der Waals surface area (Å²) in [6, 6.07) is 0. The van der Waals surface area contributed by atoms with Gasteiger partial charge in [-0.2, -0.15) is 0 Å². The number of rotatable bonds is 1. The number of hydrogen-bond donors (Lipinski definition) is 1. The van der Waals surface area contributed by atoms with Crippen molar-refractivity contribution in [2.24, 2.45) is 0 Å². The molecule has 1 rings (SSSR count). The Balaban J connectivity index is 3.33. The summed E-state index contributed by atoms with van der Waals surface area (Å²) in [6.07, 6.45) is -1.90. The molecule has 0 spiro atoms. The molecule has 0 radical (unpaired) electrons. The van der Waals surface area contributed by atoms with Crippen molar-refractivity contribution in [3.8, 4) is 5.75 Å². The Morgan fingerprint density at radius 3 is 2.42 bits per heavy atom. The highest BCUT2D eigenvalue weighted by Gasteiger charge is 2.19. The average Bonchev–Trinajstić information content (AvgIpc) is 1.97. The molecule has 0 aliphatic rings. The van der Waals surface area contributed by atoms with E-state index in [9.17, 15) is 8.78 Å². The molecule has 0 aromatic carbocycles. The zero-order valence-corrected chi connectivity index (χ0v) is 7.07. The van der Waals surface area contributed by atoms with Gasteiger partial charge in [0.25, 0.3) is 6.43 Å². The van der Waals surface area contributed by atoms with Gasteiger partial charge in [-0.1, -0.05) is 23.2 Å². The maximum atomic E-state index is 12.1. The van der Waals surface area contributed by atoms with Gasteiger partial charge in [0.2, 0.25) is 0 Å². The van der Waals surface area contributed by atoms with Crippen molar-refractivity contribution in [2.75, 3.05) is 0 Å². The lowest BCUT2D eigenvalue weighted by Crippen LogP contribution is -1.89. The molecule has 0 atom stereocenters. The van der Waals surface area contributed by atoms with Crippen LogP contribution >= 0.6 is 23.2 Å². The minimum Gasteiger partial charge on any atom is -0.504 e. The van der Waals surface area contributed by atoms with Crippen LogP contribution in [0, 0.1) is 0 Å². The third-order valence-electron chi connectivity index (χ3n) is 1.22. The van der Waals surface area contributed by atoms with Crippen molar-refractivity contribution in [1.29, 1.82) is 0 Å². The number of hydrogen-bond acceptors (Lipinski definition) is 2. The smallest absolute Gasteiger partial charge is 0.269 e. The first-order chi connectivity index (χ1) is 5.54. The molecule has 1 aromatic rings. The number of halogens is 4. The number of pyridine rings is 1. The molecule has 0 saturated heterocycles. The molecule has 12 heavy (non-hydrogen) atoms. The molecule has 0 fully saturated rings. The molecule has 0 aliphatic heterocycles. The fourth-order valence-electron chi connectivity index (χ4n) is 0.676. The number of alkyl halides is 2. The van der Waals surface area contributed by atoms with Crippen LogP contribution in [0.25, 0.3) is 0 Å². The number of aromatic nitrogens is 1. The Bertz CT molecular complexity index is 306. The average molecular weight is 214 g/mol. The Kier molecular flexibility index (Phi) is 2.69. The van der Waals surface area contributed by atoms with E-state index in [-0.39, 0.29) is 10.2 Å². The van der Waals surface area contributed by atoms with Gasteiger partial charge in [0.1, 0.15) is 0 Å². The first kappa shape index (κ1) is 9.48. The predicted molar refractivity (Wildman–Crippen MR) is 40.9 cm³/mol. The van der Waals surface area contributed by atoms with Crippen LogP contribution in [0.4, 0.5) is 8.78 Å². The minimum absolute atomic E-state index is 0.299. The molecule has 1 aromatic heterocycles. The Labute approximate surface area is 76.7 Å². The Hall–Kier alpha value is -0.610. The molecule has 66 valence electrons. The number of nitrogens with zero attached hydrogens (tertiary/aromatic N) is 1. The van der Waals surface area contributed by atoms with E-state index in [1.807, 2.05) is 0 Å². The van der Waals surface area contributed by atoms with Gasteiger partial charge in [-0.25, -0.2) is 13.8 Å². The third-order valence-corrected chi connectivity index (χ3v) is 1.80. The summed E-state index contributed by atoms with van der Waals surface area (Å²) >= 11 is 10.6. The molecule has 2 nitrogen and oxygen atoms in total. The molecule has 0 saturated carbocycles. The minimum atomic E-state index is -2.86. The summed E-state index contributed by atoms with van der Waals surface area (Å²) < 4.78 is 24.3. The van der Waals surface area contributed by atoms with E-state index >= 15 is 0 Å². The fourth-order valence-corrected chi connectivity index (χ4v) is 1.05. The summed E-state index contributed by atoms with van der Waals surface area (Å²) in [5.41, 5.74) is -0.684. The van der Waals surface area contributed by atoms with E-state index in [4.69, 9.17) is 28.3 Å². The van der Waals surface area contributed by atoms with Crippen LogP contribution in [0.3, 0.4) is 0 Å². The Morgan fingerprint density at radius 1 is 1.42 bits per heavy atom. The van der Waals surface area contributed by atoms with Gasteiger partial charge in [0.05, 0.1) is 10.6 Å². The van der Waals surface area contributed by atoms with Gasteiger partial charge in [0.15, 0.2) is 10.9 Å². The van der Waals surface area contributed by atoms with Crippen LogP contribution in [0.5, 0.6) is 5.75 Å². The molecule has 0 amide bonds. The molecule has 0 bridgehead atoms. The highest BCUT2D eigenvalue weighted by Crippen LogP contribution is 2.37. The van der Waals surface area contributed by atoms with Crippen molar-refractivity contribution < 1.29 is 13.9 Å². The van der Waals surface area contributed by atoms with E-state index < -0.39 is 17.7 Å². The summed E-state index contributed by atoms with van der Waals surface area (Å²) in [5, 5.41) is 8.31. The molecule has 1 heterocycles. The molecule has 1 N–H and O–H groups in total. The SMILES string of the molecule is Oc1c(Cl)ncc(Cl)c1C(F)F. The van der Waals surface area contributed by atoms with Crippen LogP contribution in [-0.2, 0) is 0 Å².